The van der Waals surface area contributed by atoms with E-state index in [-0.39, 0.29) is 12.1 Å². The second-order valence-electron chi connectivity index (χ2n) is 7.02. The number of hydrogen-bond acceptors (Lipinski definition) is 3. The monoisotopic (exact) mass is 372 g/mol. The van der Waals surface area contributed by atoms with Crippen LogP contribution in [0, 0.1) is 6.92 Å². The fourth-order valence-electron chi connectivity index (χ4n) is 3.90. The van der Waals surface area contributed by atoms with E-state index in [1.54, 1.807) is 24.3 Å². The number of hydrogen-bond donors (Lipinski definition) is 1. The molecule has 0 spiro atoms. The van der Waals surface area contributed by atoms with Crippen LogP contribution in [0.25, 0.3) is 0 Å². The highest BCUT2D eigenvalue weighted by Crippen LogP contribution is 2.29. The molecule has 0 unspecified atom stereocenters. The van der Waals surface area contributed by atoms with Crippen molar-refractivity contribution in [1.29, 1.82) is 0 Å². The van der Waals surface area contributed by atoms with E-state index in [0.29, 0.717) is 4.90 Å². The van der Waals surface area contributed by atoms with Gasteiger partial charge in [0, 0.05) is 24.3 Å². The number of benzene rings is 2. The van der Waals surface area contributed by atoms with Gasteiger partial charge in [-0.15, -0.1) is 0 Å². The average Bonchev–Trinajstić information content (AvgIpc) is 2.64. The number of rotatable bonds is 6. The average molecular weight is 373 g/mol. The summed E-state index contributed by atoms with van der Waals surface area (Å²) < 4.78 is 28.6. The Morgan fingerprint density at radius 3 is 2.46 bits per heavy atom. The third-order valence-electron chi connectivity index (χ3n) is 5.16. The molecule has 0 heterocycles. The van der Waals surface area contributed by atoms with Crippen LogP contribution in [-0.2, 0) is 10.0 Å². The Hall–Kier alpha value is -1.85. The molecule has 2 aromatic rings. The second kappa shape index (κ2) is 8.23. The van der Waals surface area contributed by atoms with Gasteiger partial charge in [-0.25, -0.2) is 13.1 Å². The number of sulfonamides is 1. The molecule has 1 N–H and O–H groups in total. The minimum atomic E-state index is -3.50. The molecule has 0 radical (unpaired) electrons. The summed E-state index contributed by atoms with van der Waals surface area (Å²) in [5.74, 6) is 0. The van der Waals surface area contributed by atoms with Crippen molar-refractivity contribution in [2.24, 2.45) is 0 Å². The summed E-state index contributed by atoms with van der Waals surface area (Å²) in [5, 5.41) is 0. The number of aryl methyl sites for hydroxylation is 1. The molecular weight excluding hydrogens is 344 g/mol. The molecule has 0 aromatic heterocycles. The van der Waals surface area contributed by atoms with Crippen LogP contribution in [0.5, 0.6) is 0 Å². The van der Waals surface area contributed by atoms with E-state index < -0.39 is 10.0 Å². The fraction of sp³-hybridized carbons (Fsp3) is 0.429. The van der Waals surface area contributed by atoms with Gasteiger partial charge in [-0.1, -0.05) is 43.2 Å². The Bertz CT molecular complexity index is 821. The first-order chi connectivity index (χ1) is 12.5. The van der Waals surface area contributed by atoms with Crippen molar-refractivity contribution < 1.29 is 8.42 Å². The molecule has 0 bridgehead atoms. The Labute approximate surface area is 157 Å². The molecule has 3 rings (SSSR count). The number of nitrogens with one attached hydrogen (secondary N) is 1. The Morgan fingerprint density at radius 1 is 1.04 bits per heavy atom. The lowest BCUT2D eigenvalue weighted by Gasteiger charge is -2.41. The maximum absolute atomic E-state index is 12.8. The van der Waals surface area contributed by atoms with Crippen molar-refractivity contribution >= 4 is 15.7 Å². The summed E-state index contributed by atoms with van der Waals surface area (Å²) >= 11 is 0. The normalized spacial score (nSPS) is 20.7. The maximum Gasteiger partial charge on any atom is 0.240 e. The SMILES string of the molecule is CCN(c1cccc(C)c1)[C@H]1CCCC[C@@H]1NS(=O)(=O)c1ccccc1. The zero-order valence-corrected chi connectivity index (χ0v) is 16.4. The van der Waals surface area contributed by atoms with Gasteiger partial charge in [0.15, 0.2) is 0 Å². The molecule has 0 saturated heterocycles. The molecule has 0 amide bonds. The molecule has 1 aliphatic rings. The van der Waals surface area contributed by atoms with Gasteiger partial charge in [-0.05, 0) is 56.5 Å². The van der Waals surface area contributed by atoms with Crippen molar-refractivity contribution in [3.05, 3.63) is 60.2 Å². The standard InChI is InChI=1S/C21H28N2O2S/c1-3-23(18-11-9-10-17(2)16-18)21-15-8-7-14-20(21)22-26(24,25)19-12-5-4-6-13-19/h4-6,9-13,16,20-22H,3,7-8,14-15H2,1-2H3/t20-,21-/m0/s1. The van der Waals surface area contributed by atoms with Crippen LogP contribution in [0.2, 0.25) is 0 Å². The van der Waals surface area contributed by atoms with E-state index in [1.165, 1.54) is 11.3 Å². The van der Waals surface area contributed by atoms with Gasteiger partial charge < -0.3 is 4.90 Å². The highest BCUT2D eigenvalue weighted by atomic mass is 32.2. The lowest BCUT2D eigenvalue weighted by molar-refractivity contribution is 0.345. The van der Waals surface area contributed by atoms with Crippen LogP contribution >= 0.6 is 0 Å². The first kappa shape index (κ1) is 18.9. The summed E-state index contributed by atoms with van der Waals surface area (Å²) in [6.45, 7) is 5.09. The zero-order chi connectivity index (χ0) is 18.6. The summed E-state index contributed by atoms with van der Waals surface area (Å²) in [7, 11) is -3.50. The van der Waals surface area contributed by atoms with Crippen molar-refractivity contribution in [2.75, 3.05) is 11.4 Å². The van der Waals surface area contributed by atoms with Gasteiger partial charge in [-0.3, -0.25) is 0 Å². The van der Waals surface area contributed by atoms with E-state index >= 15 is 0 Å². The van der Waals surface area contributed by atoms with Crippen LogP contribution < -0.4 is 9.62 Å². The number of nitrogens with zero attached hydrogens (tertiary/aromatic N) is 1. The first-order valence-electron chi connectivity index (χ1n) is 9.42. The second-order valence-corrected chi connectivity index (χ2v) is 8.73. The predicted molar refractivity (Wildman–Crippen MR) is 107 cm³/mol. The van der Waals surface area contributed by atoms with Crippen LogP contribution in [0.3, 0.4) is 0 Å². The summed E-state index contributed by atoms with van der Waals surface area (Å²) in [6.07, 6.45) is 4.07. The molecule has 140 valence electrons. The highest BCUT2D eigenvalue weighted by molar-refractivity contribution is 7.89. The Balaban J connectivity index is 1.85. The number of anilines is 1. The van der Waals surface area contributed by atoms with Crippen molar-refractivity contribution in [3.8, 4) is 0 Å². The smallest absolute Gasteiger partial charge is 0.240 e. The molecule has 2 atom stereocenters. The Morgan fingerprint density at radius 2 is 1.77 bits per heavy atom. The van der Waals surface area contributed by atoms with E-state index in [9.17, 15) is 8.42 Å². The lowest BCUT2D eigenvalue weighted by atomic mass is 9.89. The summed E-state index contributed by atoms with van der Waals surface area (Å²) in [4.78, 5) is 2.69. The van der Waals surface area contributed by atoms with E-state index in [0.717, 1.165) is 32.2 Å². The number of likely N-dealkylation sites (N-methyl/N-ethyl adjacent to an activating group) is 1. The quantitative estimate of drug-likeness (QED) is 0.830. The summed E-state index contributed by atoms with van der Waals surface area (Å²) in [6, 6.07) is 17.2. The minimum absolute atomic E-state index is 0.0746. The third kappa shape index (κ3) is 4.27. The van der Waals surface area contributed by atoms with Crippen LogP contribution in [-0.4, -0.2) is 27.0 Å². The first-order valence-corrected chi connectivity index (χ1v) is 10.9. The summed E-state index contributed by atoms with van der Waals surface area (Å²) in [5.41, 5.74) is 2.39. The molecule has 1 saturated carbocycles. The van der Waals surface area contributed by atoms with Crippen LogP contribution in [0.15, 0.2) is 59.5 Å². The predicted octanol–water partition coefficient (Wildman–Crippen LogP) is 4.11. The maximum atomic E-state index is 12.8. The van der Waals surface area contributed by atoms with E-state index in [1.807, 2.05) is 6.07 Å². The zero-order valence-electron chi connectivity index (χ0n) is 15.6. The topological polar surface area (TPSA) is 49.4 Å². The molecule has 1 fully saturated rings. The molecule has 0 aliphatic heterocycles. The van der Waals surface area contributed by atoms with Crippen molar-refractivity contribution in [2.45, 2.75) is 56.5 Å². The van der Waals surface area contributed by atoms with Crippen molar-refractivity contribution in [1.82, 2.24) is 4.72 Å². The molecule has 5 heteroatoms. The van der Waals surface area contributed by atoms with E-state index in [4.69, 9.17) is 0 Å². The molecular formula is C21H28N2O2S. The van der Waals surface area contributed by atoms with E-state index in [2.05, 4.69) is 47.7 Å². The minimum Gasteiger partial charge on any atom is -0.367 e. The fourth-order valence-corrected chi connectivity index (χ4v) is 5.23. The van der Waals surface area contributed by atoms with Crippen LogP contribution in [0.1, 0.15) is 38.2 Å². The van der Waals surface area contributed by atoms with Gasteiger partial charge >= 0.3 is 0 Å². The lowest BCUT2D eigenvalue weighted by Crippen LogP contribution is -2.53. The Kier molecular flexibility index (Phi) is 5.99. The molecule has 26 heavy (non-hydrogen) atoms. The van der Waals surface area contributed by atoms with Crippen molar-refractivity contribution in [3.63, 3.8) is 0 Å². The van der Waals surface area contributed by atoms with Gasteiger partial charge in [0.25, 0.3) is 0 Å². The van der Waals surface area contributed by atoms with Gasteiger partial charge in [-0.2, -0.15) is 0 Å². The van der Waals surface area contributed by atoms with Crippen LogP contribution in [0.4, 0.5) is 5.69 Å². The van der Waals surface area contributed by atoms with Gasteiger partial charge in [0.2, 0.25) is 10.0 Å². The third-order valence-corrected chi connectivity index (χ3v) is 6.67. The highest BCUT2D eigenvalue weighted by Gasteiger charge is 2.33. The van der Waals surface area contributed by atoms with Gasteiger partial charge in [0.05, 0.1) is 4.90 Å². The largest absolute Gasteiger partial charge is 0.367 e. The molecule has 2 aromatic carbocycles. The molecule has 1 aliphatic carbocycles. The van der Waals surface area contributed by atoms with Gasteiger partial charge in [0.1, 0.15) is 0 Å². The molecule has 4 nitrogen and oxygen atoms in total.